The molecule has 0 heteroatoms. The molecule has 0 spiro atoms. The smallest absolute Gasteiger partial charge is 0.000509 e. The van der Waals surface area contributed by atoms with Gasteiger partial charge >= 0.3 is 0 Å². The van der Waals surface area contributed by atoms with Gasteiger partial charge in [0.1, 0.15) is 0 Å². The van der Waals surface area contributed by atoms with Crippen LogP contribution in [0.5, 0.6) is 0 Å². The Labute approximate surface area is 71.0 Å². The van der Waals surface area contributed by atoms with E-state index >= 15 is 0 Å². The van der Waals surface area contributed by atoms with Crippen molar-refractivity contribution >= 4 is 0 Å². The van der Waals surface area contributed by atoms with Crippen molar-refractivity contribution in [3.63, 3.8) is 0 Å². The molecular weight excluding hydrogens is 132 g/mol. The summed E-state index contributed by atoms with van der Waals surface area (Å²) in [5.74, 6) is 0.567. The lowest BCUT2D eigenvalue weighted by Gasteiger charge is -2.25. The molecule has 0 aromatic heterocycles. The summed E-state index contributed by atoms with van der Waals surface area (Å²) in [6, 6.07) is 0. The molecule has 0 aromatic carbocycles. The van der Waals surface area contributed by atoms with Gasteiger partial charge in [-0.05, 0) is 25.2 Å². The maximum Gasteiger partial charge on any atom is -0.000509 e. The SMILES string of the molecule is C/C=C\C(/C=C/C)C(C)(C)C. The second-order valence-corrected chi connectivity index (χ2v) is 3.94. The number of hydrogen-bond acceptors (Lipinski definition) is 0. The van der Waals surface area contributed by atoms with Crippen LogP contribution in [0.15, 0.2) is 24.3 Å². The highest BCUT2D eigenvalue weighted by molar-refractivity contribution is 5.03. The highest BCUT2D eigenvalue weighted by atomic mass is 14.2. The van der Waals surface area contributed by atoms with E-state index in [1.807, 2.05) is 0 Å². The Bertz CT molecular complexity index is 132. The summed E-state index contributed by atoms with van der Waals surface area (Å²) in [4.78, 5) is 0. The molecule has 0 N–H and O–H groups in total. The van der Waals surface area contributed by atoms with E-state index in [-0.39, 0.29) is 0 Å². The first-order chi connectivity index (χ1) is 5.02. The van der Waals surface area contributed by atoms with Gasteiger partial charge in [0.2, 0.25) is 0 Å². The topological polar surface area (TPSA) is 0 Å². The van der Waals surface area contributed by atoms with Gasteiger partial charge in [-0.2, -0.15) is 0 Å². The Morgan fingerprint density at radius 3 is 1.45 bits per heavy atom. The Balaban J connectivity index is 4.34. The van der Waals surface area contributed by atoms with Crippen molar-refractivity contribution in [2.24, 2.45) is 11.3 Å². The minimum atomic E-state index is 0.346. The van der Waals surface area contributed by atoms with Gasteiger partial charge in [-0.15, -0.1) is 0 Å². The van der Waals surface area contributed by atoms with E-state index < -0.39 is 0 Å². The first-order valence-corrected chi connectivity index (χ1v) is 4.28. The second kappa shape index (κ2) is 4.38. The van der Waals surface area contributed by atoms with Crippen molar-refractivity contribution in [2.45, 2.75) is 34.6 Å². The molecule has 64 valence electrons. The van der Waals surface area contributed by atoms with Gasteiger partial charge in [-0.1, -0.05) is 45.1 Å². The van der Waals surface area contributed by atoms with Crippen molar-refractivity contribution in [1.29, 1.82) is 0 Å². The molecule has 0 aliphatic heterocycles. The quantitative estimate of drug-likeness (QED) is 0.528. The zero-order chi connectivity index (χ0) is 8.91. The van der Waals surface area contributed by atoms with Crippen molar-refractivity contribution in [2.75, 3.05) is 0 Å². The number of hydrogen-bond donors (Lipinski definition) is 0. The van der Waals surface area contributed by atoms with Crippen LogP contribution >= 0.6 is 0 Å². The van der Waals surface area contributed by atoms with E-state index in [1.165, 1.54) is 0 Å². The fraction of sp³-hybridized carbons (Fsp3) is 0.636. The second-order valence-electron chi connectivity index (χ2n) is 3.94. The predicted molar refractivity (Wildman–Crippen MR) is 52.6 cm³/mol. The minimum Gasteiger partial charge on any atom is -0.0911 e. The molecule has 0 nitrogen and oxygen atoms in total. The number of allylic oxidation sites excluding steroid dienone is 4. The molecule has 0 bridgehead atoms. The Kier molecular flexibility index (Phi) is 4.17. The van der Waals surface area contributed by atoms with E-state index in [0.717, 1.165) is 0 Å². The normalized spacial score (nSPS) is 16.5. The van der Waals surface area contributed by atoms with Gasteiger partial charge in [-0.3, -0.25) is 0 Å². The van der Waals surface area contributed by atoms with Crippen molar-refractivity contribution in [1.82, 2.24) is 0 Å². The zero-order valence-electron chi connectivity index (χ0n) is 8.39. The molecule has 0 amide bonds. The third kappa shape index (κ3) is 4.02. The largest absolute Gasteiger partial charge is 0.0911 e. The van der Waals surface area contributed by atoms with E-state index in [4.69, 9.17) is 0 Å². The molecule has 0 rings (SSSR count). The van der Waals surface area contributed by atoms with E-state index in [2.05, 4.69) is 58.9 Å². The Morgan fingerprint density at radius 1 is 0.909 bits per heavy atom. The lowest BCUT2D eigenvalue weighted by molar-refractivity contribution is 0.343. The highest BCUT2D eigenvalue weighted by Crippen LogP contribution is 2.27. The molecule has 0 aliphatic carbocycles. The summed E-state index contributed by atoms with van der Waals surface area (Å²) in [5, 5.41) is 0. The molecule has 0 radical (unpaired) electrons. The van der Waals surface area contributed by atoms with Crippen LogP contribution in [0.3, 0.4) is 0 Å². The average molecular weight is 152 g/mol. The lowest BCUT2D eigenvalue weighted by Crippen LogP contribution is -2.15. The zero-order valence-corrected chi connectivity index (χ0v) is 8.39. The fourth-order valence-electron chi connectivity index (χ4n) is 1.06. The molecule has 11 heavy (non-hydrogen) atoms. The van der Waals surface area contributed by atoms with E-state index in [0.29, 0.717) is 11.3 Å². The third-order valence-corrected chi connectivity index (χ3v) is 1.80. The van der Waals surface area contributed by atoms with Gasteiger partial charge in [0, 0.05) is 0 Å². The molecule has 0 heterocycles. The predicted octanol–water partition coefficient (Wildman–Crippen LogP) is 3.80. The van der Waals surface area contributed by atoms with Crippen molar-refractivity contribution in [3.05, 3.63) is 24.3 Å². The Hall–Kier alpha value is -0.520. The standard InChI is InChI=1S/C11H20/c1-6-8-10(9-7-2)11(3,4)5/h6-10H,1-5H3/b8-6-,9-7+. The summed E-state index contributed by atoms with van der Waals surface area (Å²) >= 11 is 0. The Morgan fingerprint density at radius 2 is 1.27 bits per heavy atom. The highest BCUT2D eigenvalue weighted by Gasteiger charge is 2.18. The maximum absolute atomic E-state index is 2.26. The van der Waals surface area contributed by atoms with Gasteiger partial charge in [0.15, 0.2) is 0 Å². The minimum absolute atomic E-state index is 0.346. The first-order valence-electron chi connectivity index (χ1n) is 4.28. The molecule has 0 fully saturated rings. The third-order valence-electron chi connectivity index (χ3n) is 1.80. The van der Waals surface area contributed by atoms with Crippen LogP contribution in [0.2, 0.25) is 0 Å². The molecule has 0 aromatic rings. The molecular formula is C11H20. The van der Waals surface area contributed by atoms with E-state index in [9.17, 15) is 0 Å². The summed E-state index contributed by atoms with van der Waals surface area (Å²) < 4.78 is 0. The van der Waals surface area contributed by atoms with Crippen LogP contribution in [0, 0.1) is 11.3 Å². The van der Waals surface area contributed by atoms with Crippen LogP contribution in [-0.4, -0.2) is 0 Å². The lowest BCUT2D eigenvalue weighted by atomic mass is 9.80. The van der Waals surface area contributed by atoms with Crippen LogP contribution in [0.4, 0.5) is 0 Å². The van der Waals surface area contributed by atoms with Crippen LogP contribution < -0.4 is 0 Å². The van der Waals surface area contributed by atoms with Gasteiger partial charge < -0.3 is 0 Å². The van der Waals surface area contributed by atoms with Crippen molar-refractivity contribution < 1.29 is 0 Å². The fourth-order valence-corrected chi connectivity index (χ4v) is 1.06. The molecule has 1 atom stereocenters. The van der Waals surface area contributed by atoms with Crippen LogP contribution in [-0.2, 0) is 0 Å². The van der Waals surface area contributed by atoms with Crippen LogP contribution in [0.25, 0.3) is 0 Å². The maximum atomic E-state index is 2.26. The summed E-state index contributed by atoms with van der Waals surface area (Å²) in [5.41, 5.74) is 0.346. The van der Waals surface area contributed by atoms with Crippen molar-refractivity contribution in [3.8, 4) is 0 Å². The summed E-state index contributed by atoms with van der Waals surface area (Å²) in [7, 11) is 0. The molecule has 0 saturated heterocycles. The first kappa shape index (κ1) is 10.5. The van der Waals surface area contributed by atoms with Gasteiger partial charge in [-0.25, -0.2) is 0 Å². The summed E-state index contributed by atoms with van der Waals surface area (Å²) in [6.45, 7) is 10.9. The molecule has 0 aliphatic rings. The monoisotopic (exact) mass is 152 g/mol. The summed E-state index contributed by atoms with van der Waals surface area (Å²) in [6.07, 6.45) is 8.74. The molecule has 1 unspecified atom stereocenters. The van der Waals surface area contributed by atoms with Gasteiger partial charge in [0.05, 0.1) is 0 Å². The van der Waals surface area contributed by atoms with E-state index in [1.54, 1.807) is 0 Å². The van der Waals surface area contributed by atoms with Gasteiger partial charge in [0.25, 0.3) is 0 Å². The number of rotatable bonds is 2. The van der Waals surface area contributed by atoms with Crippen LogP contribution in [0.1, 0.15) is 34.6 Å². The molecule has 0 saturated carbocycles. The average Bonchev–Trinajstić information content (AvgIpc) is 1.85.